The molecule has 1 atom stereocenters. The quantitative estimate of drug-likeness (QED) is 0.725. The van der Waals surface area contributed by atoms with E-state index in [0.717, 1.165) is 4.90 Å². The van der Waals surface area contributed by atoms with Gasteiger partial charge in [0.05, 0.1) is 5.69 Å². The molecular formula is C23H23FN2O4. The number of imide groups is 1. The normalized spacial score (nSPS) is 20.0. The molecular weight excluding hydrogens is 387 g/mol. The lowest BCUT2D eigenvalue weighted by Crippen LogP contribution is -2.42. The molecule has 0 radical (unpaired) electrons. The van der Waals surface area contributed by atoms with Gasteiger partial charge < -0.3 is 9.64 Å². The molecule has 2 fully saturated rings. The van der Waals surface area contributed by atoms with Crippen LogP contribution in [0.25, 0.3) is 0 Å². The summed E-state index contributed by atoms with van der Waals surface area (Å²) in [6.45, 7) is 2.70. The van der Waals surface area contributed by atoms with Gasteiger partial charge in [0.1, 0.15) is 6.10 Å². The van der Waals surface area contributed by atoms with Gasteiger partial charge in [-0.05, 0) is 30.3 Å². The number of amides is 3. The maximum Gasteiger partial charge on any atom is 0.253 e. The van der Waals surface area contributed by atoms with Gasteiger partial charge in [-0.1, -0.05) is 25.1 Å². The van der Waals surface area contributed by atoms with E-state index in [1.165, 1.54) is 6.07 Å². The lowest BCUT2D eigenvalue weighted by molar-refractivity contribution is -0.122. The van der Waals surface area contributed by atoms with Crippen molar-refractivity contribution in [1.82, 2.24) is 4.90 Å². The van der Waals surface area contributed by atoms with Gasteiger partial charge in [-0.3, -0.25) is 19.3 Å². The smallest absolute Gasteiger partial charge is 0.253 e. The van der Waals surface area contributed by atoms with Crippen LogP contribution in [-0.2, 0) is 9.59 Å². The van der Waals surface area contributed by atoms with Gasteiger partial charge in [-0.2, -0.15) is 0 Å². The Bertz CT molecular complexity index is 985. The number of hydrogen-bond donors (Lipinski definition) is 0. The van der Waals surface area contributed by atoms with Crippen LogP contribution in [0.1, 0.15) is 36.5 Å². The number of carbonyl (C=O) groups is 3. The number of ether oxygens (including phenoxy) is 1. The summed E-state index contributed by atoms with van der Waals surface area (Å²) in [6, 6.07) is 12.9. The monoisotopic (exact) mass is 410 g/mol. The van der Waals surface area contributed by atoms with Crippen LogP contribution in [0.5, 0.6) is 5.75 Å². The number of carbonyl (C=O) groups excluding carboxylic acids is 3. The van der Waals surface area contributed by atoms with E-state index in [9.17, 15) is 18.8 Å². The molecule has 2 aliphatic rings. The number of likely N-dealkylation sites (tertiary alicyclic amines) is 1. The number of benzene rings is 2. The molecule has 0 saturated carbocycles. The van der Waals surface area contributed by atoms with Gasteiger partial charge in [0.25, 0.3) is 5.91 Å². The Morgan fingerprint density at radius 3 is 2.47 bits per heavy atom. The van der Waals surface area contributed by atoms with Crippen LogP contribution in [0.2, 0.25) is 0 Å². The average molecular weight is 410 g/mol. The van der Waals surface area contributed by atoms with Gasteiger partial charge in [0.15, 0.2) is 11.6 Å². The fourth-order valence-electron chi connectivity index (χ4n) is 3.91. The van der Waals surface area contributed by atoms with E-state index >= 15 is 0 Å². The molecule has 2 aromatic carbocycles. The third-order valence-corrected chi connectivity index (χ3v) is 5.58. The molecule has 4 rings (SSSR count). The Balaban J connectivity index is 1.41. The maximum atomic E-state index is 13.8. The van der Waals surface area contributed by atoms with E-state index in [-0.39, 0.29) is 41.9 Å². The third kappa shape index (κ3) is 3.92. The van der Waals surface area contributed by atoms with Crippen molar-refractivity contribution < 1.29 is 23.5 Å². The predicted octanol–water partition coefficient (Wildman–Crippen LogP) is 3.41. The topological polar surface area (TPSA) is 66.9 Å². The molecule has 6 nitrogen and oxygen atoms in total. The first kappa shape index (κ1) is 20.1. The van der Waals surface area contributed by atoms with Crippen LogP contribution < -0.4 is 9.64 Å². The molecule has 0 spiro atoms. The molecule has 0 N–H and O–H groups in total. The van der Waals surface area contributed by atoms with Gasteiger partial charge in [0.2, 0.25) is 11.8 Å². The van der Waals surface area contributed by atoms with Crippen LogP contribution in [0.4, 0.5) is 10.1 Å². The van der Waals surface area contributed by atoms with Crippen molar-refractivity contribution in [3.8, 4) is 5.75 Å². The zero-order chi connectivity index (χ0) is 21.3. The number of halogens is 1. The molecule has 2 heterocycles. The van der Waals surface area contributed by atoms with Crippen LogP contribution >= 0.6 is 0 Å². The number of nitrogens with zero attached hydrogens (tertiary/aromatic N) is 2. The van der Waals surface area contributed by atoms with Crippen molar-refractivity contribution >= 4 is 23.4 Å². The zero-order valence-electron chi connectivity index (χ0n) is 16.7. The van der Waals surface area contributed by atoms with Gasteiger partial charge in [-0.25, -0.2) is 4.39 Å². The van der Waals surface area contributed by atoms with Gasteiger partial charge in [0, 0.05) is 43.8 Å². The summed E-state index contributed by atoms with van der Waals surface area (Å²) in [5.41, 5.74) is 0.860. The minimum absolute atomic E-state index is 0.154. The number of rotatable bonds is 4. The Hall–Kier alpha value is -3.22. The summed E-state index contributed by atoms with van der Waals surface area (Å²) in [5.74, 6) is -1.16. The maximum absolute atomic E-state index is 13.8. The zero-order valence-corrected chi connectivity index (χ0v) is 16.7. The molecule has 2 aliphatic heterocycles. The summed E-state index contributed by atoms with van der Waals surface area (Å²) in [7, 11) is 0. The van der Waals surface area contributed by atoms with Crippen molar-refractivity contribution in [2.75, 3.05) is 18.0 Å². The second kappa shape index (κ2) is 8.26. The number of hydrogen-bond acceptors (Lipinski definition) is 4. The Morgan fingerprint density at radius 1 is 1.07 bits per heavy atom. The number of para-hydroxylation sites is 1. The first-order chi connectivity index (χ1) is 14.4. The Kier molecular flexibility index (Phi) is 5.53. The van der Waals surface area contributed by atoms with E-state index in [1.54, 1.807) is 54.3 Å². The molecule has 156 valence electrons. The van der Waals surface area contributed by atoms with E-state index < -0.39 is 5.82 Å². The molecule has 1 unspecified atom stereocenters. The first-order valence-electron chi connectivity index (χ1n) is 10.1. The Morgan fingerprint density at radius 2 is 1.80 bits per heavy atom. The van der Waals surface area contributed by atoms with Crippen LogP contribution in [0.15, 0.2) is 48.5 Å². The fraction of sp³-hybridized carbons (Fsp3) is 0.348. The van der Waals surface area contributed by atoms with Crippen LogP contribution in [0.3, 0.4) is 0 Å². The van der Waals surface area contributed by atoms with Crippen molar-refractivity contribution in [3.05, 3.63) is 59.9 Å². The predicted molar refractivity (Wildman–Crippen MR) is 109 cm³/mol. The van der Waals surface area contributed by atoms with Crippen LogP contribution in [-0.4, -0.2) is 41.8 Å². The van der Waals surface area contributed by atoms with Crippen molar-refractivity contribution in [1.29, 1.82) is 0 Å². The van der Waals surface area contributed by atoms with Crippen molar-refractivity contribution in [2.45, 2.75) is 32.3 Å². The summed E-state index contributed by atoms with van der Waals surface area (Å²) in [6.07, 6.45) is 1.23. The molecule has 2 saturated heterocycles. The van der Waals surface area contributed by atoms with Crippen molar-refractivity contribution in [3.63, 3.8) is 0 Å². The fourth-order valence-corrected chi connectivity index (χ4v) is 3.91. The first-order valence-corrected chi connectivity index (χ1v) is 10.1. The second-order valence-corrected chi connectivity index (χ2v) is 7.76. The molecule has 30 heavy (non-hydrogen) atoms. The molecule has 0 aromatic heterocycles. The van der Waals surface area contributed by atoms with E-state index in [2.05, 4.69) is 0 Å². The van der Waals surface area contributed by atoms with Gasteiger partial charge in [-0.15, -0.1) is 0 Å². The number of piperidine rings is 1. The lowest BCUT2D eigenvalue weighted by Gasteiger charge is -2.32. The van der Waals surface area contributed by atoms with Crippen LogP contribution in [0, 0.1) is 11.7 Å². The molecule has 3 amide bonds. The van der Waals surface area contributed by atoms with E-state index in [0.29, 0.717) is 37.2 Å². The SMILES string of the molecule is CC1CC(=O)N(c2cccc(C(=O)N3CCC(Oc4ccccc4F)CC3)c2)C1=O. The summed E-state index contributed by atoms with van der Waals surface area (Å²) in [5, 5.41) is 0. The van der Waals surface area contributed by atoms with Crippen molar-refractivity contribution in [2.24, 2.45) is 5.92 Å². The molecule has 0 aliphatic carbocycles. The summed E-state index contributed by atoms with van der Waals surface area (Å²) >= 11 is 0. The largest absolute Gasteiger partial charge is 0.487 e. The highest BCUT2D eigenvalue weighted by atomic mass is 19.1. The van der Waals surface area contributed by atoms with Gasteiger partial charge >= 0.3 is 0 Å². The number of anilines is 1. The highest BCUT2D eigenvalue weighted by Gasteiger charge is 2.37. The van der Waals surface area contributed by atoms with E-state index in [4.69, 9.17) is 4.74 Å². The standard InChI is InChI=1S/C23H23FN2O4/c1-15-13-21(27)26(22(15)28)17-6-4-5-16(14-17)23(29)25-11-9-18(10-12-25)30-20-8-3-2-7-19(20)24/h2-8,14-15,18H,9-13H2,1H3. The molecule has 7 heteroatoms. The highest BCUT2D eigenvalue weighted by molar-refractivity contribution is 6.21. The average Bonchev–Trinajstić information content (AvgIpc) is 3.01. The minimum Gasteiger partial charge on any atom is -0.487 e. The lowest BCUT2D eigenvalue weighted by atomic mass is 10.1. The van der Waals surface area contributed by atoms with E-state index in [1.807, 2.05) is 0 Å². The minimum atomic E-state index is -0.395. The summed E-state index contributed by atoms with van der Waals surface area (Å²) < 4.78 is 19.5. The highest BCUT2D eigenvalue weighted by Crippen LogP contribution is 2.28. The molecule has 2 aromatic rings. The summed E-state index contributed by atoms with van der Waals surface area (Å²) in [4.78, 5) is 40.3. The second-order valence-electron chi connectivity index (χ2n) is 7.76. The molecule has 0 bridgehead atoms. The third-order valence-electron chi connectivity index (χ3n) is 5.58. The Labute approximate surface area is 174 Å².